The van der Waals surface area contributed by atoms with Crippen LogP contribution in [0.5, 0.6) is 0 Å². The molecule has 0 atom stereocenters. The minimum Gasteiger partial charge on any atom is -0.464 e. The standard InChI is InChI=1S/C29H33Cl2N3O3/c1-22-9-11-25(37-22)20-33(16-13-23-7-3-2-4-8-23)28(35)21-34(18-17-32-14-5-6-15-32)29(36)26-12-10-24(30)19-27(26)31/h2-4,7-12,19H,5-6,13-18,20-21H2,1H3. The van der Waals surface area contributed by atoms with E-state index in [1.165, 1.54) is 0 Å². The number of amides is 2. The van der Waals surface area contributed by atoms with E-state index in [0.29, 0.717) is 43.2 Å². The third kappa shape index (κ3) is 7.84. The fourth-order valence-electron chi connectivity index (χ4n) is 4.58. The molecule has 0 saturated carbocycles. The van der Waals surface area contributed by atoms with Crippen LogP contribution in [0, 0.1) is 6.92 Å². The fraction of sp³-hybridized carbons (Fsp3) is 0.379. The van der Waals surface area contributed by atoms with E-state index in [1.54, 1.807) is 28.0 Å². The van der Waals surface area contributed by atoms with Gasteiger partial charge < -0.3 is 19.1 Å². The lowest BCUT2D eigenvalue weighted by Crippen LogP contribution is -2.45. The molecule has 1 saturated heterocycles. The Morgan fingerprint density at radius 3 is 2.38 bits per heavy atom. The van der Waals surface area contributed by atoms with Gasteiger partial charge in [-0.2, -0.15) is 0 Å². The maximum atomic E-state index is 13.7. The molecule has 2 amide bonds. The van der Waals surface area contributed by atoms with Gasteiger partial charge in [-0.15, -0.1) is 0 Å². The first kappa shape index (κ1) is 27.2. The number of furan rings is 1. The van der Waals surface area contributed by atoms with Crippen LogP contribution in [0.2, 0.25) is 10.0 Å². The van der Waals surface area contributed by atoms with Gasteiger partial charge in [-0.1, -0.05) is 53.5 Å². The molecule has 2 heterocycles. The lowest BCUT2D eigenvalue weighted by molar-refractivity contribution is -0.132. The van der Waals surface area contributed by atoms with Gasteiger partial charge in [0.1, 0.15) is 18.1 Å². The first-order valence-corrected chi connectivity index (χ1v) is 13.5. The number of hydrogen-bond acceptors (Lipinski definition) is 4. The van der Waals surface area contributed by atoms with Crippen LogP contribution in [0.15, 0.2) is 65.1 Å². The molecule has 8 heteroatoms. The molecule has 1 aliphatic rings. The first-order chi connectivity index (χ1) is 17.9. The molecule has 0 aliphatic carbocycles. The normalized spacial score (nSPS) is 13.6. The van der Waals surface area contributed by atoms with Gasteiger partial charge in [0.2, 0.25) is 5.91 Å². The first-order valence-electron chi connectivity index (χ1n) is 12.7. The zero-order chi connectivity index (χ0) is 26.2. The largest absolute Gasteiger partial charge is 0.464 e. The van der Waals surface area contributed by atoms with Crippen molar-refractivity contribution in [1.82, 2.24) is 14.7 Å². The smallest absolute Gasteiger partial charge is 0.255 e. The van der Waals surface area contributed by atoms with Gasteiger partial charge in [0, 0.05) is 24.7 Å². The third-order valence-corrected chi connectivity index (χ3v) is 7.22. The van der Waals surface area contributed by atoms with Crippen molar-refractivity contribution < 1.29 is 14.0 Å². The summed E-state index contributed by atoms with van der Waals surface area (Å²) < 4.78 is 5.77. The molecule has 2 aromatic carbocycles. The minimum atomic E-state index is -0.272. The highest BCUT2D eigenvalue weighted by molar-refractivity contribution is 6.36. The Balaban J connectivity index is 1.52. The molecule has 0 bridgehead atoms. The molecule has 0 spiro atoms. The van der Waals surface area contributed by atoms with E-state index in [2.05, 4.69) is 4.90 Å². The summed E-state index contributed by atoms with van der Waals surface area (Å²) in [5, 5.41) is 0.741. The highest BCUT2D eigenvalue weighted by Gasteiger charge is 2.25. The molecule has 3 aromatic rings. The number of carbonyl (C=O) groups is 2. The SMILES string of the molecule is Cc1ccc(CN(CCc2ccccc2)C(=O)CN(CCN2CCCC2)C(=O)c2ccc(Cl)cc2Cl)o1. The molecule has 1 aliphatic heterocycles. The van der Waals surface area contributed by atoms with Crippen LogP contribution in [0.3, 0.4) is 0 Å². The maximum Gasteiger partial charge on any atom is 0.255 e. The van der Waals surface area contributed by atoms with Gasteiger partial charge in [0.25, 0.3) is 5.91 Å². The van der Waals surface area contributed by atoms with Crippen molar-refractivity contribution in [2.75, 3.05) is 39.3 Å². The Bertz CT molecular complexity index is 1190. The highest BCUT2D eigenvalue weighted by atomic mass is 35.5. The van der Waals surface area contributed by atoms with Gasteiger partial charge in [-0.25, -0.2) is 0 Å². The Labute approximate surface area is 228 Å². The number of halogens is 2. The molecule has 4 rings (SSSR count). The van der Waals surface area contributed by atoms with Crippen molar-refractivity contribution in [1.29, 1.82) is 0 Å². The number of benzene rings is 2. The topological polar surface area (TPSA) is 57.0 Å². The summed E-state index contributed by atoms with van der Waals surface area (Å²) in [7, 11) is 0. The molecular weight excluding hydrogens is 509 g/mol. The summed E-state index contributed by atoms with van der Waals surface area (Å²) in [6.07, 6.45) is 3.02. The predicted octanol–water partition coefficient (Wildman–Crippen LogP) is 5.70. The van der Waals surface area contributed by atoms with Crippen LogP contribution in [0.4, 0.5) is 0 Å². The van der Waals surface area contributed by atoms with Crippen molar-refractivity contribution in [2.24, 2.45) is 0 Å². The van der Waals surface area contributed by atoms with Crippen molar-refractivity contribution in [2.45, 2.75) is 32.7 Å². The zero-order valence-electron chi connectivity index (χ0n) is 21.2. The summed E-state index contributed by atoms with van der Waals surface area (Å²) in [5.41, 5.74) is 1.49. The molecule has 6 nitrogen and oxygen atoms in total. The molecule has 37 heavy (non-hydrogen) atoms. The van der Waals surface area contributed by atoms with Crippen LogP contribution in [0.25, 0.3) is 0 Å². The van der Waals surface area contributed by atoms with Crippen molar-refractivity contribution in [3.8, 4) is 0 Å². The minimum absolute atomic E-state index is 0.0416. The van der Waals surface area contributed by atoms with E-state index < -0.39 is 0 Å². The number of hydrogen-bond donors (Lipinski definition) is 0. The van der Waals surface area contributed by atoms with Crippen LogP contribution in [-0.2, 0) is 17.8 Å². The van der Waals surface area contributed by atoms with Crippen molar-refractivity contribution in [3.63, 3.8) is 0 Å². The number of nitrogens with zero attached hydrogens (tertiary/aromatic N) is 3. The van der Waals surface area contributed by atoms with E-state index in [0.717, 1.165) is 43.0 Å². The zero-order valence-corrected chi connectivity index (χ0v) is 22.7. The summed E-state index contributed by atoms with van der Waals surface area (Å²) >= 11 is 12.4. The van der Waals surface area contributed by atoms with Gasteiger partial charge >= 0.3 is 0 Å². The molecule has 0 unspecified atom stereocenters. The summed E-state index contributed by atoms with van der Waals surface area (Å²) in [6.45, 7) is 5.88. The van der Waals surface area contributed by atoms with Crippen LogP contribution >= 0.6 is 23.2 Å². The lowest BCUT2D eigenvalue weighted by atomic mass is 10.1. The van der Waals surface area contributed by atoms with Crippen molar-refractivity contribution >= 4 is 35.0 Å². The predicted molar refractivity (Wildman–Crippen MR) is 147 cm³/mol. The Hall–Kier alpha value is -2.80. The number of rotatable bonds is 11. The van der Waals surface area contributed by atoms with E-state index in [9.17, 15) is 9.59 Å². The van der Waals surface area contributed by atoms with Crippen LogP contribution in [-0.4, -0.2) is 65.8 Å². The fourth-order valence-corrected chi connectivity index (χ4v) is 5.07. The number of likely N-dealkylation sites (tertiary alicyclic amines) is 1. The Kier molecular flexibility index (Phi) is 9.67. The summed E-state index contributed by atoms with van der Waals surface area (Å²) in [6, 6.07) is 18.7. The van der Waals surface area contributed by atoms with Crippen molar-refractivity contribution in [3.05, 3.63) is 93.4 Å². The average Bonchev–Trinajstić information content (AvgIpc) is 3.56. The lowest BCUT2D eigenvalue weighted by Gasteiger charge is -2.29. The summed E-state index contributed by atoms with van der Waals surface area (Å²) in [5.74, 6) is 1.11. The van der Waals surface area contributed by atoms with E-state index in [4.69, 9.17) is 27.6 Å². The molecular formula is C29H33Cl2N3O3. The quantitative estimate of drug-likeness (QED) is 0.312. The second kappa shape index (κ2) is 13.1. The summed E-state index contributed by atoms with van der Waals surface area (Å²) in [4.78, 5) is 33.0. The molecule has 0 radical (unpaired) electrons. The second-order valence-electron chi connectivity index (χ2n) is 9.46. The molecule has 196 valence electrons. The van der Waals surface area contributed by atoms with E-state index in [1.807, 2.05) is 49.4 Å². The van der Waals surface area contributed by atoms with Gasteiger partial charge in [-0.05, 0) is 75.2 Å². The van der Waals surface area contributed by atoms with E-state index in [-0.39, 0.29) is 23.4 Å². The number of aryl methyl sites for hydroxylation is 1. The number of carbonyl (C=O) groups excluding carboxylic acids is 2. The maximum absolute atomic E-state index is 13.7. The van der Waals surface area contributed by atoms with Gasteiger partial charge in [0.05, 0.1) is 17.1 Å². The molecule has 1 fully saturated rings. The average molecular weight is 543 g/mol. The van der Waals surface area contributed by atoms with Gasteiger partial charge in [0.15, 0.2) is 0 Å². The van der Waals surface area contributed by atoms with Crippen LogP contribution in [0.1, 0.15) is 40.3 Å². The van der Waals surface area contributed by atoms with Crippen LogP contribution < -0.4 is 0 Å². The van der Waals surface area contributed by atoms with Gasteiger partial charge in [-0.3, -0.25) is 9.59 Å². The second-order valence-corrected chi connectivity index (χ2v) is 10.3. The third-order valence-electron chi connectivity index (χ3n) is 6.67. The highest BCUT2D eigenvalue weighted by Crippen LogP contribution is 2.23. The monoisotopic (exact) mass is 541 g/mol. The Morgan fingerprint density at radius 1 is 0.946 bits per heavy atom. The molecule has 1 aromatic heterocycles. The Morgan fingerprint density at radius 2 is 1.70 bits per heavy atom. The molecule has 0 N–H and O–H groups in total. The van der Waals surface area contributed by atoms with E-state index >= 15 is 0 Å².